The van der Waals surface area contributed by atoms with E-state index in [1.54, 1.807) is 13.2 Å². The zero-order valence-corrected chi connectivity index (χ0v) is 44.1. The van der Waals surface area contributed by atoms with Crippen molar-refractivity contribution in [2.75, 3.05) is 7.11 Å². The molecule has 0 saturated heterocycles. The molecule has 0 aliphatic carbocycles. The Morgan fingerprint density at radius 3 is 1.71 bits per heavy atom. The number of halogens is 1. The normalized spacial score (nSPS) is 18.9. The fraction of sp³-hybridized carbons (Fsp3) is 0.745. The molecule has 8 nitrogen and oxygen atoms in total. The van der Waals surface area contributed by atoms with Gasteiger partial charge in [0.05, 0.1) is 38.1 Å². The van der Waals surface area contributed by atoms with Gasteiger partial charge in [0.15, 0.2) is 16.6 Å². The lowest BCUT2D eigenvalue weighted by atomic mass is 9.76. The minimum absolute atomic E-state index is 0.00626. The van der Waals surface area contributed by atoms with Crippen molar-refractivity contribution in [3.8, 4) is 5.75 Å². The molecule has 0 amide bonds. The van der Waals surface area contributed by atoms with E-state index >= 15 is 0 Å². The Balaban J connectivity index is 3.70. The van der Waals surface area contributed by atoms with Crippen molar-refractivity contribution >= 4 is 51.0 Å². The van der Waals surface area contributed by atoms with Gasteiger partial charge in [0, 0.05) is 35.7 Å². The smallest absolute Gasteiger partial charge is 0.330 e. The number of methoxy groups -OCH3 is 1. The van der Waals surface area contributed by atoms with E-state index in [0.717, 1.165) is 17.7 Å². The van der Waals surface area contributed by atoms with Crippen molar-refractivity contribution in [2.45, 2.75) is 183 Å². The maximum atomic E-state index is 14.7. The molecule has 1 N–H and O–H groups in total. The van der Waals surface area contributed by atoms with Gasteiger partial charge in [0.25, 0.3) is 0 Å². The fourth-order valence-corrected chi connectivity index (χ4v) is 10.0. The van der Waals surface area contributed by atoms with Crippen LogP contribution in [-0.2, 0) is 34.5 Å². The molecule has 10 atom stereocenters. The molecule has 0 radical (unpaired) electrons. The maximum absolute atomic E-state index is 14.7. The first-order valence-corrected chi connectivity index (χ1v) is 28.4. The topological polar surface area (TPSA) is 101 Å². The van der Waals surface area contributed by atoms with Gasteiger partial charge < -0.3 is 28.2 Å². The van der Waals surface area contributed by atoms with E-state index in [2.05, 4.69) is 114 Å². The molecular formula is C47H83IO8Si2. The summed E-state index contributed by atoms with van der Waals surface area (Å²) in [6, 6.07) is 7.83. The first-order valence-electron chi connectivity index (χ1n) is 21.3. The number of esters is 1. The molecule has 1 rings (SSSR count). The molecule has 0 heterocycles. The molecule has 0 bridgehead atoms. The lowest BCUT2D eigenvalue weighted by Gasteiger charge is -2.46. The van der Waals surface area contributed by atoms with E-state index < -0.39 is 64.3 Å². The van der Waals surface area contributed by atoms with Crippen LogP contribution in [-0.4, -0.2) is 70.6 Å². The Bertz CT molecular complexity index is 1470. The lowest BCUT2D eigenvalue weighted by Crippen LogP contribution is -2.52. The van der Waals surface area contributed by atoms with E-state index in [1.807, 2.05) is 72.7 Å². The van der Waals surface area contributed by atoms with Crippen molar-refractivity contribution in [3.63, 3.8) is 0 Å². The highest BCUT2D eigenvalue weighted by atomic mass is 127. The monoisotopic (exact) mass is 958 g/mol. The standard InChI is InChI=1S/C47H83IO8Si2/c1-31(22-21-29-48)43(56-58(19,20)47(13,14)15)36(6)44(53-30-37-24-26-38(52-16)27-25-37)35(5)41(51)33(3)40(50)34(4)42(55-57(17,18)46(10,11)12)32(2)23-28-39(49)54-45(7,8)9/h21,23-29,31-36,41-44,51H,22,30H2,1-20H3/b28-23+,29-21+/t31-,32+,33+,34-,35+,36+,41-,42-,43+,44+/m1/s1. The SMILES string of the molecule is COc1ccc(CO[C@H]([C@@H](C)[C@@H](O[Si](C)(C)C(C)(C)C)[C@H](C)C/C=C/I)[C@@H](C)[C@H](O)[C@@H](C)C(=O)[C@@H](C)[C@H](O[Si](C)(C)C(C)(C)C)[C@@H](C)/C=C/C(=O)OC(C)(C)C)cc1. The summed E-state index contributed by atoms with van der Waals surface area (Å²) in [5.74, 6) is -1.72. The molecule has 334 valence electrons. The summed E-state index contributed by atoms with van der Waals surface area (Å²) < 4.78 is 34.1. The summed E-state index contributed by atoms with van der Waals surface area (Å²) in [5.41, 5.74) is 0.362. The quantitative estimate of drug-likeness (QED) is 0.0531. The van der Waals surface area contributed by atoms with Gasteiger partial charge in [-0.05, 0) is 91.2 Å². The predicted octanol–water partition coefficient (Wildman–Crippen LogP) is 12.3. The van der Waals surface area contributed by atoms with Gasteiger partial charge >= 0.3 is 5.97 Å². The van der Waals surface area contributed by atoms with Gasteiger partial charge in [-0.15, -0.1) is 0 Å². The van der Waals surface area contributed by atoms with E-state index in [-0.39, 0.29) is 39.7 Å². The first-order chi connectivity index (χ1) is 26.3. The molecule has 0 fully saturated rings. The molecule has 0 spiro atoms. The molecule has 0 saturated carbocycles. The van der Waals surface area contributed by atoms with E-state index in [0.29, 0.717) is 6.61 Å². The fourth-order valence-electron chi connectivity index (χ4n) is 6.79. The average Bonchev–Trinajstić information content (AvgIpc) is 3.11. The van der Waals surface area contributed by atoms with E-state index in [4.69, 9.17) is 23.1 Å². The van der Waals surface area contributed by atoms with Crippen molar-refractivity contribution < 1.29 is 37.8 Å². The number of carbonyl (C=O) groups is 2. The summed E-state index contributed by atoms with van der Waals surface area (Å²) in [6.07, 6.45) is 4.12. The molecule has 0 aromatic heterocycles. The van der Waals surface area contributed by atoms with Gasteiger partial charge in [-0.2, -0.15) is 0 Å². The maximum Gasteiger partial charge on any atom is 0.330 e. The number of aliphatic hydroxyl groups is 1. The van der Waals surface area contributed by atoms with E-state index in [9.17, 15) is 14.7 Å². The molecule has 0 aliphatic heterocycles. The van der Waals surface area contributed by atoms with Crippen LogP contribution in [0.3, 0.4) is 0 Å². The number of allylic oxidation sites excluding steroid dienone is 1. The van der Waals surface area contributed by atoms with Crippen LogP contribution in [0.25, 0.3) is 0 Å². The van der Waals surface area contributed by atoms with Crippen LogP contribution >= 0.6 is 22.6 Å². The Hall–Kier alpha value is -1.36. The summed E-state index contributed by atoms with van der Waals surface area (Å²) >= 11 is 2.27. The third-order valence-electron chi connectivity index (χ3n) is 12.7. The first kappa shape index (κ1) is 54.7. The average molecular weight is 959 g/mol. The number of benzene rings is 1. The van der Waals surface area contributed by atoms with Crippen LogP contribution < -0.4 is 4.74 Å². The third kappa shape index (κ3) is 16.5. The number of ketones is 1. The molecule has 11 heteroatoms. The molecule has 0 aliphatic rings. The van der Waals surface area contributed by atoms with Crippen LogP contribution in [0.5, 0.6) is 5.75 Å². The summed E-state index contributed by atoms with van der Waals surface area (Å²) in [6.45, 7) is 40.2. The summed E-state index contributed by atoms with van der Waals surface area (Å²) in [7, 11) is -2.96. The Labute approximate surface area is 370 Å². The van der Waals surface area contributed by atoms with Crippen LogP contribution in [0, 0.1) is 35.5 Å². The number of hydrogen-bond acceptors (Lipinski definition) is 8. The molecule has 1 aromatic rings. The van der Waals surface area contributed by atoms with Gasteiger partial charge in [0.2, 0.25) is 0 Å². The lowest BCUT2D eigenvalue weighted by molar-refractivity contribution is -0.148. The second-order valence-electron chi connectivity index (χ2n) is 20.8. The van der Waals surface area contributed by atoms with Gasteiger partial charge in [0.1, 0.15) is 17.1 Å². The van der Waals surface area contributed by atoms with Crippen molar-refractivity contribution in [3.05, 3.63) is 52.1 Å². The third-order valence-corrected chi connectivity index (χ3v) is 22.1. The minimum Gasteiger partial charge on any atom is -0.497 e. The molecule has 0 unspecified atom stereocenters. The Morgan fingerprint density at radius 2 is 1.26 bits per heavy atom. The van der Waals surface area contributed by atoms with Gasteiger partial charge in [-0.3, -0.25) is 4.79 Å². The number of ether oxygens (including phenoxy) is 3. The minimum atomic E-state index is -2.37. The second-order valence-corrected chi connectivity index (χ2v) is 31.1. The number of hydrogen-bond donors (Lipinski definition) is 1. The highest BCUT2D eigenvalue weighted by molar-refractivity contribution is 14.1. The Kier molecular flexibility index (Phi) is 21.3. The summed E-state index contributed by atoms with van der Waals surface area (Å²) in [5, 5.41) is 12.2. The summed E-state index contributed by atoms with van der Waals surface area (Å²) in [4.78, 5) is 27.4. The van der Waals surface area contributed by atoms with Crippen molar-refractivity contribution in [1.29, 1.82) is 0 Å². The molecule has 58 heavy (non-hydrogen) atoms. The Morgan fingerprint density at radius 1 is 0.759 bits per heavy atom. The molecule has 1 aromatic carbocycles. The zero-order valence-electron chi connectivity index (χ0n) is 40.0. The second kappa shape index (κ2) is 22.7. The van der Waals surface area contributed by atoms with Gasteiger partial charge in [-0.25, -0.2) is 4.79 Å². The van der Waals surface area contributed by atoms with Crippen LogP contribution in [0.2, 0.25) is 36.3 Å². The zero-order chi connectivity index (χ0) is 45.2. The highest BCUT2D eigenvalue weighted by Gasteiger charge is 2.47. The van der Waals surface area contributed by atoms with E-state index in [1.165, 1.54) is 6.08 Å². The van der Waals surface area contributed by atoms with Crippen LogP contribution in [0.4, 0.5) is 0 Å². The predicted molar refractivity (Wildman–Crippen MR) is 254 cm³/mol. The van der Waals surface area contributed by atoms with Crippen LogP contribution in [0.15, 0.2) is 46.6 Å². The van der Waals surface area contributed by atoms with Crippen LogP contribution in [0.1, 0.15) is 116 Å². The highest BCUT2D eigenvalue weighted by Crippen LogP contribution is 2.43. The van der Waals surface area contributed by atoms with Crippen molar-refractivity contribution in [1.82, 2.24) is 0 Å². The number of rotatable bonds is 22. The number of carbonyl (C=O) groups excluding carboxylic acids is 2. The van der Waals surface area contributed by atoms with Crippen molar-refractivity contribution in [2.24, 2.45) is 35.5 Å². The van der Waals surface area contributed by atoms with Gasteiger partial charge in [-0.1, -0.05) is 130 Å². The molecular weight excluding hydrogens is 876 g/mol. The number of Topliss-reactive ketones (excluding diaryl/α,β-unsaturated/α-hetero) is 1. The largest absolute Gasteiger partial charge is 0.497 e. The number of aliphatic hydroxyl groups excluding tert-OH is 1.